The van der Waals surface area contributed by atoms with Crippen molar-refractivity contribution in [2.75, 3.05) is 26.2 Å². The van der Waals surface area contributed by atoms with Gasteiger partial charge in [-0.05, 0) is 63.3 Å². The highest BCUT2D eigenvalue weighted by atomic mass is 19.1. The molecule has 0 bridgehead atoms. The van der Waals surface area contributed by atoms with Crippen molar-refractivity contribution < 1.29 is 9.18 Å². The number of amides is 1. The number of rotatable bonds is 4. The quantitative estimate of drug-likeness (QED) is 0.815. The molecular weight excluding hydrogens is 327 g/mol. The number of hydrogen-bond donors (Lipinski definition) is 0. The third kappa shape index (κ3) is 3.61. The molecular formula is C22H27FN2O. The van der Waals surface area contributed by atoms with Crippen LogP contribution in [0.25, 0.3) is 5.57 Å². The molecule has 1 atom stereocenters. The fourth-order valence-electron chi connectivity index (χ4n) is 4.50. The van der Waals surface area contributed by atoms with Crippen molar-refractivity contribution in [2.45, 2.75) is 44.6 Å². The second kappa shape index (κ2) is 7.75. The Bertz CT molecular complexity index is 733. The Morgan fingerprint density at radius 2 is 1.85 bits per heavy atom. The van der Waals surface area contributed by atoms with E-state index in [-0.39, 0.29) is 11.7 Å². The van der Waals surface area contributed by atoms with Crippen LogP contribution in [0.5, 0.6) is 0 Å². The second-order valence-corrected chi connectivity index (χ2v) is 7.67. The molecule has 4 rings (SSSR count). The molecule has 0 radical (unpaired) electrons. The van der Waals surface area contributed by atoms with Crippen molar-refractivity contribution in [3.63, 3.8) is 0 Å². The third-order valence-electron chi connectivity index (χ3n) is 5.95. The number of nitrogens with zero attached hydrogens (tertiary/aromatic N) is 2. The summed E-state index contributed by atoms with van der Waals surface area (Å²) in [6.45, 7) is 4.25. The summed E-state index contributed by atoms with van der Waals surface area (Å²) in [7, 11) is 0. The van der Waals surface area contributed by atoms with Gasteiger partial charge >= 0.3 is 0 Å². The van der Waals surface area contributed by atoms with Crippen molar-refractivity contribution in [3.05, 3.63) is 53.4 Å². The maximum atomic E-state index is 14.0. The van der Waals surface area contributed by atoms with Crippen molar-refractivity contribution in [2.24, 2.45) is 0 Å². The highest BCUT2D eigenvalue weighted by Crippen LogP contribution is 2.30. The first-order valence-electron chi connectivity index (χ1n) is 9.90. The Labute approximate surface area is 155 Å². The van der Waals surface area contributed by atoms with E-state index >= 15 is 0 Å². The molecule has 0 spiro atoms. The van der Waals surface area contributed by atoms with E-state index in [1.54, 1.807) is 6.07 Å². The van der Waals surface area contributed by atoms with Crippen LogP contribution in [0.1, 0.15) is 44.1 Å². The maximum absolute atomic E-state index is 14.0. The van der Waals surface area contributed by atoms with Gasteiger partial charge in [0.1, 0.15) is 5.82 Å². The first-order chi connectivity index (χ1) is 12.7. The maximum Gasteiger partial charge on any atom is 0.250 e. The topological polar surface area (TPSA) is 23.6 Å². The number of benzene rings is 1. The largest absolute Gasteiger partial charge is 0.335 e. The van der Waals surface area contributed by atoms with Gasteiger partial charge in [0, 0.05) is 30.3 Å². The Morgan fingerprint density at radius 1 is 1.04 bits per heavy atom. The number of carbonyl (C=O) groups is 1. The van der Waals surface area contributed by atoms with E-state index in [9.17, 15) is 9.18 Å². The molecule has 2 saturated heterocycles. The fourth-order valence-corrected chi connectivity index (χ4v) is 4.50. The van der Waals surface area contributed by atoms with Crippen molar-refractivity contribution in [1.82, 2.24) is 9.80 Å². The van der Waals surface area contributed by atoms with Crippen molar-refractivity contribution >= 4 is 11.5 Å². The number of likely N-dealkylation sites (tertiary alicyclic amines) is 2. The lowest BCUT2D eigenvalue weighted by molar-refractivity contribution is -0.128. The van der Waals surface area contributed by atoms with E-state index in [0.717, 1.165) is 43.5 Å². The summed E-state index contributed by atoms with van der Waals surface area (Å²) < 4.78 is 14.0. The van der Waals surface area contributed by atoms with E-state index in [1.807, 2.05) is 24.3 Å². The van der Waals surface area contributed by atoms with E-state index in [1.165, 1.54) is 32.0 Å². The van der Waals surface area contributed by atoms with Gasteiger partial charge < -0.3 is 9.80 Å². The average Bonchev–Trinajstić information content (AvgIpc) is 3.34. The number of halogens is 1. The minimum Gasteiger partial charge on any atom is -0.335 e. The highest BCUT2D eigenvalue weighted by Gasteiger charge is 2.32. The minimum absolute atomic E-state index is 0.188. The van der Waals surface area contributed by atoms with Crippen LogP contribution in [0, 0.1) is 5.82 Å². The first-order valence-corrected chi connectivity index (χ1v) is 9.90. The van der Waals surface area contributed by atoms with Crippen LogP contribution in [0.4, 0.5) is 4.39 Å². The molecule has 3 nitrogen and oxygen atoms in total. The SMILES string of the molecule is O=C(C1=CC=C(c2ccccc2F)CC1)N1CCCC1CN1CCCC1. The second-order valence-electron chi connectivity index (χ2n) is 7.67. The molecule has 1 aliphatic carbocycles. The molecule has 1 aromatic carbocycles. The Morgan fingerprint density at radius 3 is 2.58 bits per heavy atom. The summed E-state index contributed by atoms with van der Waals surface area (Å²) in [6, 6.07) is 7.23. The lowest BCUT2D eigenvalue weighted by Crippen LogP contribution is -2.43. The van der Waals surface area contributed by atoms with Crippen LogP contribution in [-0.2, 0) is 4.79 Å². The summed E-state index contributed by atoms with van der Waals surface area (Å²) in [6.07, 6.45) is 10.1. The van der Waals surface area contributed by atoms with Gasteiger partial charge in [-0.25, -0.2) is 4.39 Å². The summed E-state index contributed by atoms with van der Waals surface area (Å²) in [5, 5.41) is 0. The number of carbonyl (C=O) groups excluding carboxylic acids is 1. The lowest BCUT2D eigenvalue weighted by atomic mass is 9.92. The summed E-state index contributed by atoms with van der Waals surface area (Å²) in [5.41, 5.74) is 2.51. The van der Waals surface area contributed by atoms with Crippen LogP contribution >= 0.6 is 0 Å². The normalized spacial score (nSPS) is 23.9. The van der Waals surface area contributed by atoms with Gasteiger partial charge in [-0.2, -0.15) is 0 Å². The predicted molar refractivity (Wildman–Crippen MR) is 102 cm³/mol. The van der Waals surface area contributed by atoms with Gasteiger partial charge in [-0.15, -0.1) is 0 Å². The first kappa shape index (κ1) is 17.5. The predicted octanol–water partition coefficient (Wildman–Crippen LogP) is 4.02. The smallest absolute Gasteiger partial charge is 0.250 e. The van der Waals surface area contributed by atoms with Crippen molar-refractivity contribution in [3.8, 4) is 0 Å². The van der Waals surface area contributed by atoms with Crippen LogP contribution in [0.2, 0.25) is 0 Å². The standard InChI is InChI=1S/C22H27FN2O/c23-21-8-2-1-7-20(21)17-9-11-18(12-10-17)22(26)25-15-5-6-19(25)16-24-13-3-4-14-24/h1-2,7-9,11,19H,3-6,10,12-16H2. The zero-order chi connectivity index (χ0) is 17.9. The molecule has 2 heterocycles. The summed E-state index contributed by atoms with van der Waals surface area (Å²) >= 11 is 0. The van der Waals surface area contributed by atoms with Crippen molar-refractivity contribution in [1.29, 1.82) is 0 Å². The van der Waals surface area contributed by atoms with Gasteiger partial charge in [0.2, 0.25) is 5.91 Å². The molecule has 26 heavy (non-hydrogen) atoms. The molecule has 1 unspecified atom stereocenters. The monoisotopic (exact) mass is 354 g/mol. The molecule has 3 aliphatic rings. The van der Waals surface area contributed by atoms with Gasteiger partial charge in [0.05, 0.1) is 0 Å². The third-order valence-corrected chi connectivity index (χ3v) is 5.95. The van der Waals surface area contributed by atoms with Crippen LogP contribution in [0.15, 0.2) is 42.0 Å². The molecule has 0 aromatic heterocycles. The van der Waals surface area contributed by atoms with E-state index < -0.39 is 0 Å². The zero-order valence-electron chi connectivity index (χ0n) is 15.3. The van der Waals surface area contributed by atoms with Gasteiger partial charge in [0.25, 0.3) is 0 Å². The molecule has 2 aliphatic heterocycles. The molecule has 2 fully saturated rings. The van der Waals surface area contributed by atoms with Crippen LogP contribution in [0.3, 0.4) is 0 Å². The highest BCUT2D eigenvalue weighted by molar-refractivity contribution is 5.95. The molecule has 1 amide bonds. The molecule has 4 heteroatoms. The molecule has 0 N–H and O–H groups in total. The molecule has 0 saturated carbocycles. The van der Waals surface area contributed by atoms with E-state index in [0.29, 0.717) is 18.0 Å². The summed E-state index contributed by atoms with van der Waals surface area (Å²) in [5.74, 6) is 0.00248. The van der Waals surface area contributed by atoms with Gasteiger partial charge in [0.15, 0.2) is 0 Å². The Kier molecular flexibility index (Phi) is 5.21. The fraction of sp³-hybridized carbons (Fsp3) is 0.500. The van der Waals surface area contributed by atoms with Gasteiger partial charge in [-0.1, -0.05) is 30.4 Å². The number of allylic oxidation sites excluding steroid dienone is 3. The Balaban J connectivity index is 1.45. The van der Waals surface area contributed by atoms with Crippen LogP contribution < -0.4 is 0 Å². The van der Waals surface area contributed by atoms with Crippen LogP contribution in [-0.4, -0.2) is 47.9 Å². The average molecular weight is 354 g/mol. The molecule has 1 aromatic rings. The van der Waals surface area contributed by atoms with Gasteiger partial charge in [-0.3, -0.25) is 4.79 Å². The lowest BCUT2D eigenvalue weighted by Gasteiger charge is -2.30. The molecule has 138 valence electrons. The zero-order valence-corrected chi connectivity index (χ0v) is 15.3. The number of hydrogen-bond acceptors (Lipinski definition) is 2. The van der Waals surface area contributed by atoms with E-state index in [4.69, 9.17) is 0 Å². The minimum atomic E-state index is -0.188. The van der Waals surface area contributed by atoms with E-state index in [2.05, 4.69) is 9.80 Å². The summed E-state index contributed by atoms with van der Waals surface area (Å²) in [4.78, 5) is 17.6. The Hall–Kier alpha value is -1.94.